The number of aromatic hydroxyl groups is 3. The number of benzene rings is 2. The summed E-state index contributed by atoms with van der Waals surface area (Å²) in [7, 11) is 2.70. The molecule has 34 heavy (non-hydrogen) atoms. The first-order valence-corrected chi connectivity index (χ1v) is 10.3. The molecular weight excluding hydrogens is 452 g/mol. The molecular formula is C23H25O11+. The summed E-state index contributed by atoms with van der Waals surface area (Å²) in [5.74, 6) is -0.646. The summed E-state index contributed by atoms with van der Waals surface area (Å²) >= 11 is 0. The molecule has 4 rings (SSSR count). The van der Waals surface area contributed by atoms with E-state index in [0.717, 1.165) is 6.07 Å². The minimum Gasteiger partial charge on any atom is -0.507 e. The van der Waals surface area contributed by atoms with Crippen molar-refractivity contribution in [3.05, 3.63) is 30.3 Å². The Morgan fingerprint density at radius 1 is 0.824 bits per heavy atom. The van der Waals surface area contributed by atoms with Crippen molar-refractivity contribution in [1.82, 2.24) is 0 Å². The molecule has 2 aromatic carbocycles. The van der Waals surface area contributed by atoms with Crippen molar-refractivity contribution in [3.8, 4) is 45.8 Å². The predicted molar refractivity (Wildman–Crippen MR) is 117 cm³/mol. The van der Waals surface area contributed by atoms with E-state index in [-0.39, 0.29) is 51.2 Å². The molecule has 0 spiro atoms. The Morgan fingerprint density at radius 2 is 1.47 bits per heavy atom. The van der Waals surface area contributed by atoms with E-state index in [1.54, 1.807) is 0 Å². The fourth-order valence-electron chi connectivity index (χ4n) is 3.73. The Kier molecular flexibility index (Phi) is 6.28. The average molecular weight is 477 g/mol. The highest BCUT2D eigenvalue weighted by Crippen LogP contribution is 2.45. The van der Waals surface area contributed by atoms with Crippen LogP contribution in [0.25, 0.3) is 22.3 Å². The minimum absolute atomic E-state index is 0.0249. The molecule has 1 aliphatic heterocycles. The van der Waals surface area contributed by atoms with Gasteiger partial charge in [-0.1, -0.05) is 0 Å². The van der Waals surface area contributed by atoms with Gasteiger partial charge in [-0.2, -0.15) is 0 Å². The number of hydrogen-bond donors (Lipinski definition) is 6. The number of phenols is 3. The van der Waals surface area contributed by atoms with Crippen LogP contribution >= 0.6 is 0 Å². The fourth-order valence-corrected chi connectivity index (χ4v) is 3.73. The number of ether oxygens (including phenoxy) is 4. The summed E-state index contributed by atoms with van der Waals surface area (Å²) < 4.78 is 27.7. The monoisotopic (exact) mass is 477 g/mol. The minimum atomic E-state index is -1.60. The first-order valence-electron chi connectivity index (χ1n) is 10.3. The van der Waals surface area contributed by atoms with Gasteiger partial charge in [-0.3, -0.25) is 0 Å². The van der Waals surface area contributed by atoms with E-state index in [0.29, 0.717) is 5.56 Å². The Labute approximate surface area is 193 Å². The van der Waals surface area contributed by atoms with Crippen LogP contribution in [0, 0.1) is 0 Å². The van der Waals surface area contributed by atoms with E-state index in [1.807, 2.05) is 0 Å². The van der Waals surface area contributed by atoms with Crippen LogP contribution in [-0.4, -0.2) is 75.6 Å². The zero-order chi connectivity index (χ0) is 24.7. The molecule has 1 aliphatic rings. The molecule has 0 amide bonds. The summed E-state index contributed by atoms with van der Waals surface area (Å²) in [6.07, 6.45) is -6.72. The maximum Gasteiger partial charge on any atom is 0.402 e. The van der Waals surface area contributed by atoms with Gasteiger partial charge in [0.05, 0.1) is 32.0 Å². The Bertz CT molecular complexity index is 1190. The molecule has 182 valence electrons. The van der Waals surface area contributed by atoms with Crippen molar-refractivity contribution in [3.63, 3.8) is 0 Å². The number of fused-ring (bicyclic) bond motifs is 1. The lowest BCUT2D eigenvalue weighted by Crippen LogP contribution is -2.58. The van der Waals surface area contributed by atoms with Crippen molar-refractivity contribution in [2.75, 3.05) is 14.2 Å². The van der Waals surface area contributed by atoms with Crippen LogP contribution in [0.3, 0.4) is 0 Å². The van der Waals surface area contributed by atoms with Crippen molar-refractivity contribution in [2.45, 2.75) is 37.6 Å². The van der Waals surface area contributed by atoms with Gasteiger partial charge in [0.25, 0.3) is 0 Å². The zero-order valence-electron chi connectivity index (χ0n) is 18.5. The van der Waals surface area contributed by atoms with Crippen LogP contribution in [0.15, 0.2) is 34.7 Å². The van der Waals surface area contributed by atoms with Gasteiger partial charge in [-0.05, 0) is 6.92 Å². The van der Waals surface area contributed by atoms with Gasteiger partial charge in [0, 0.05) is 24.3 Å². The van der Waals surface area contributed by atoms with Crippen LogP contribution in [0.5, 0.6) is 34.5 Å². The van der Waals surface area contributed by atoms with Crippen molar-refractivity contribution in [2.24, 2.45) is 0 Å². The van der Waals surface area contributed by atoms with E-state index in [2.05, 4.69) is 0 Å². The third-order valence-corrected chi connectivity index (χ3v) is 5.61. The summed E-state index contributed by atoms with van der Waals surface area (Å²) in [6.45, 7) is 1.51. The molecule has 0 saturated carbocycles. The second-order valence-electron chi connectivity index (χ2n) is 7.85. The first kappa shape index (κ1) is 23.6. The SMILES string of the molecule is COc1cc(-c2[o+]c3cc(O)cc(O)c3cc2O[C@@H]2O[C@@H](C)[C@H](O)[C@@H](O)[C@@H]2O)cc(OC)c1O. The van der Waals surface area contributed by atoms with E-state index < -0.39 is 30.7 Å². The Morgan fingerprint density at radius 3 is 2.09 bits per heavy atom. The van der Waals surface area contributed by atoms with Gasteiger partial charge in [0.15, 0.2) is 11.5 Å². The number of phenolic OH excluding ortho intramolecular Hbond substituents is 3. The predicted octanol–water partition coefficient (Wildman–Crippen LogP) is 1.72. The maximum absolute atomic E-state index is 10.4. The van der Waals surface area contributed by atoms with Gasteiger partial charge in [-0.15, -0.1) is 0 Å². The van der Waals surface area contributed by atoms with Crippen molar-refractivity contribution in [1.29, 1.82) is 0 Å². The number of rotatable bonds is 5. The molecule has 1 saturated heterocycles. The summed E-state index contributed by atoms with van der Waals surface area (Å²) in [5.41, 5.74) is 0.407. The smallest absolute Gasteiger partial charge is 0.402 e. The molecule has 1 fully saturated rings. The van der Waals surface area contributed by atoms with Gasteiger partial charge in [0.1, 0.15) is 35.2 Å². The van der Waals surface area contributed by atoms with Crippen LogP contribution in [-0.2, 0) is 4.74 Å². The molecule has 11 heteroatoms. The van der Waals surface area contributed by atoms with E-state index >= 15 is 0 Å². The highest BCUT2D eigenvalue weighted by atomic mass is 16.7. The summed E-state index contributed by atoms with van der Waals surface area (Å²) in [5, 5.41) is 61.2. The zero-order valence-corrected chi connectivity index (χ0v) is 18.5. The third-order valence-electron chi connectivity index (χ3n) is 5.61. The van der Waals surface area contributed by atoms with Gasteiger partial charge in [0.2, 0.25) is 17.8 Å². The van der Waals surface area contributed by atoms with Crippen LogP contribution in [0.1, 0.15) is 6.92 Å². The highest BCUT2D eigenvalue weighted by molar-refractivity contribution is 5.88. The third kappa shape index (κ3) is 4.10. The summed E-state index contributed by atoms with van der Waals surface area (Å²) in [6, 6.07) is 6.68. The number of hydrogen-bond acceptors (Lipinski definition) is 10. The Hall–Kier alpha value is -3.51. The normalized spacial score (nSPS) is 24.7. The molecule has 1 aromatic heterocycles. The highest BCUT2D eigenvalue weighted by Gasteiger charge is 2.44. The lowest BCUT2D eigenvalue weighted by molar-refractivity contribution is -0.268. The van der Waals surface area contributed by atoms with Gasteiger partial charge >= 0.3 is 11.3 Å². The fraction of sp³-hybridized carbons (Fsp3) is 0.348. The first-order chi connectivity index (χ1) is 16.1. The van der Waals surface area contributed by atoms with Gasteiger partial charge in [-0.25, -0.2) is 4.42 Å². The topological polar surface area (TPSA) is 170 Å². The molecule has 0 aliphatic carbocycles. The number of aliphatic hydroxyl groups excluding tert-OH is 3. The molecule has 6 N–H and O–H groups in total. The van der Waals surface area contributed by atoms with Crippen LogP contribution < -0.4 is 14.2 Å². The Balaban J connectivity index is 1.90. The van der Waals surface area contributed by atoms with Crippen LogP contribution in [0.2, 0.25) is 0 Å². The largest absolute Gasteiger partial charge is 0.507 e. The second kappa shape index (κ2) is 9.03. The molecule has 0 bridgehead atoms. The quantitative estimate of drug-likeness (QED) is 0.296. The molecule has 2 heterocycles. The van der Waals surface area contributed by atoms with E-state index in [4.69, 9.17) is 23.4 Å². The standard InChI is InChI=1S/C23H24O11/c1-9-18(26)20(28)21(29)23(32-9)34-17-8-12-13(25)6-11(24)7-14(12)33-22(17)10-4-15(30-2)19(27)16(5-10)31-3/h4-9,18,20-21,23,26,28-29H,1-3H3,(H2-,24,25,27)/p+1/t9-,18-,20+,21-,23-/m0/s1. The molecule has 0 unspecified atom stereocenters. The van der Waals surface area contributed by atoms with Crippen molar-refractivity contribution >= 4 is 11.0 Å². The number of aliphatic hydroxyl groups is 3. The molecule has 3 aromatic rings. The van der Waals surface area contributed by atoms with E-state index in [9.17, 15) is 30.6 Å². The second-order valence-corrected chi connectivity index (χ2v) is 7.85. The van der Waals surface area contributed by atoms with Crippen molar-refractivity contribution < 1.29 is 54.0 Å². The van der Waals surface area contributed by atoms with Gasteiger partial charge < -0.3 is 49.6 Å². The molecule has 5 atom stereocenters. The average Bonchev–Trinajstić information content (AvgIpc) is 2.81. The van der Waals surface area contributed by atoms with Crippen LogP contribution in [0.4, 0.5) is 0 Å². The molecule has 0 radical (unpaired) electrons. The molecule has 11 nitrogen and oxygen atoms in total. The summed E-state index contributed by atoms with van der Waals surface area (Å²) in [4.78, 5) is 0. The lowest BCUT2D eigenvalue weighted by Gasteiger charge is -2.38. The number of methoxy groups -OCH3 is 2. The lowest BCUT2D eigenvalue weighted by atomic mass is 10.00. The maximum atomic E-state index is 10.4. The van der Waals surface area contributed by atoms with E-state index in [1.165, 1.54) is 45.4 Å².